The van der Waals surface area contributed by atoms with Crippen LogP contribution in [0.3, 0.4) is 0 Å². The molecule has 0 spiro atoms. The summed E-state index contributed by atoms with van der Waals surface area (Å²) in [6.07, 6.45) is 2.33. The largest absolute Gasteiger partial charge is 0.383 e. The van der Waals surface area contributed by atoms with E-state index in [-0.39, 0.29) is 11.9 Å². The number of nitrogens with one attached hydrogen (secondary N) is 1. The number of benzene rings is 1. The molecular formula is C14H17FN4. The molecule has 5 heteroatoms. The first kappa shape index (κ1) is 13.5. The summed E-state index contributed by atoms with van der Waals surface area (Å²) in [6.45, 7) is 1.95. The second kappa shape index (κ2) is 5.77. The van der Waals surface area contributed by atoms with Gasteiger partial charge in [0.1, 0.15) is 11.6 Å². The van der Waals surface area contributed by atoms with Crippen molar-refractivity contribution in [2.45, 2.75) is 19.4 Å². The lowest BCUT2D eigenvalue weighted by Crippen LogP contribution is -2.30. The lowest BCUT2D eigenvalue weighted by atomic mass is 9.99. The van der Waals surface area contributed by atoms with Gasteiger partial charge in [0.15, 0.2) is 0 Å². The Morgan fingerprint density at radius 3 is 2.63 bits per heavy atom. The van der Waals surface area contributed by atoms with Crippen LogP contribution in [0.4, 0.5) is 10.2 Å². The van der Waals surface area contributed by atoms with Gasteiger partial charge in [0.2, 0.25) is 0 Å². The molecule has 1 unspecified atom stereocenters. The monoisotopic (exact) mass is 260 g/mol. The van der Waals surface area contributed by atoms with Gasteiger partial charge >= 0.3 is 0 Å². The van der Waals surface area contributed by atoms with E-state index in [0.29, 0.717) is 12.2 Å². The zero-order valence-corrected chi connectivity index (χ0v) is 10.7. The van der Waals surface area contributed by atoms with Crippen LogP contribution in [0.1, 0.15) is 22.7 Å². The van der Waals surface area contributed by atoms with Gasteiger partial charge in [-0.15, -0.1) is 0 Å². The van der Waals surface area contributed by atoms with E-state index < -0.39 is 0 Å². The van der Waals surface area contributed by atoms with Gasteiger partial charge in [-0.25, -0.2) is 9.37 Å². The fourth-order valence-electron chi connectivity index (χ4n) is 2.00. The van der Waals surface area contributed by atoms with Crippen molar-refractivity contribution in [2.75, 3.05) is 5.73 Å². The summed E-state index contributed by atoms with van der Waals surface area (Å²) in [5, 5.41) is 0. The van der Waals surface area contributed by atoms with Crippen LogP contribution in [0.25, 0.3) is 0 Å². The summed E-state index contributed by atoms with van der Waals surface area (Å²) in [6, 6.07) is 8.13. The molecule has 4 nitrogen and oxygen atoms in total. The van der Waals surface area contributed by atoms with Gasteiger partial charge in [0.05, 0.1) is 6.04 Å². The zero-order valence-electron chi connectivity index (χ0n) is 10.7. The van der Waals surface area contributed by atoms with Gasteiger partial charge in [-0.3, -0.25) is 11.3 Å². The van der Waals surface area contributed by atoms with Gasteiger partial charge in [0, 0.05) is 11.8 Å². The third kappa shape index (κ3) is 3.27. The normalized spacial score (nSPS) is 12.4. The maximum absolute atomic E-state index is 12.9. The van der Waals surface area contributed by atoms with Gasteiger partial charge < -0.3 is 5.73 Å². The van der Waals surface area contributed by atoms with E-state index in [0.717, 1.165) is 16.7 Å². The zero-order chi connectivity index (χ0) is 13.8. The van der Waals surface area contributed by atoms with Crippen LogP contribution < -0.4 is 17.0 Å². The quantitative estimate of drug-likeness (QED) is 0.579. The summed E-state index contributed by atoms with van der Waals surface area (Å²) in [7, 11) is 0. The molecule has 2 rings (SSSR count). The number of anilines is 1. The molecule has 1 aromatic heterocycles. The lowest BCUT2D eigenvalue weighted by molar-refractivity contribution is 0.550. The number of aromatic nitrogens is 1. The Bertz CT molecular complexity index is 554. The van der Waals surface area contributed by atoms with Crippen LogP contribution in [0.15, 0.2) is 36.5 Å². The van der Waals surface area contributed by atoms with E-state index in [9.17, 15) is 4.39 Å². The molecule has 1 atom stereocenters. The highest BCUT2D eigenvalue weighted by Gasteiger charge is 2.14. The van der Waals surface area contributed by atoms with Gasteiger partial charge in [0.25, 0.3) is 0 Å². The molecule has 0 aliphatic rings. The van der Waals surface area contributed by atoms with Gasteiger partial charge in [-0.05, 0) is 42.7 Å². The molecule has 5 N–H and O–H groups in total. The average molecular weight is 260 g/mol. The summed E-state index contributed by atoms with van der Waals surface area (Å²) >= 11 is 0. The Labute approximate surface area is 111 Å². The molecule has 0 amide bonds. The minimum atomic E-state index is -0.252. The fourth-order valence-corrected chi connectivity index (χ4v) is 2.00. The highest BCUT2D eigenvalue weighted by Crippen LogP contribution is 2.22. The van der Waals surface area contributed by atoms with E-state index in [1.165, 1.54) is 12.1 Å². The van der Waals surface area contributed by atoms with E-state index in [4.69, 9.17) is 11.6 Å². The molecule has 0 fully saturated rings. The Hall–Kier alpha value is -1.98. The SMILES string of the molecule is Cc1cnc(N)c(C(Cc2ccc(F)cc2)NN)c1. The highest BCUT2D eigenvalue weighted by molar-refractivity contribution is 5.43. The van der Waals surface area contributed by atoms with Crippen molar-refractivity contribution >= 4 is 5.82 Å². The standard InChI is InChI=1S/C14H17FN4/c1-9-6-12(14(16)18-8-9)13(19-17)7-10-2-4-11(15)5-3-10/h2-6,8,13,19H,7,17H2,1H3,(H2,16,18). The highest BCUT2D eigenvalue weighted by atomic mass is 19.1. The maximum Gasteiger partial charge on any atom is 0.128 e. The number of nitrogens with two attached hydrogens (primary N) is 2. The Morgan fingerprint density at radius 1 is 1.32 bits per heavy atom. The summed E-state index contributed by atoms with van der Waals surface area (Å²) in [5.41, 5.74) is 11.5. The molecule has 0 saturated carbocycles. The van der Waals surface area contributed by atoms with Crippen molar-refractivity contribution in [3.05, 3.63) is 59.0 Å². The number of halogens is 1. The minimum Gasteiger partial charge on any atom is -0.383 e. The van der Waals surface area contributed by atoms with Crippen molar-refractivity contribution in [2.24, 2.45) is 5.84 Å². The number of rotatable bonds is 4. The van der Waals surface area contributed by atoms with Crippen molar-refractivity contribution in [3.8, 4) is 0 Å². The van der Waals surface area contributed by atoms with Crippen molar-refractivity contribution in [3.63, 3.8) is 0 Å². The van der Waals surface area contributed by atoms with Crippen LogP contribution >= 0.6 is 0 Å². The van der Waals surface area contributed by atoms with Crippen LogP contribution in [0, 0.1) is 12.7 Å². The number of nitrogen functional groups attached to an aromatic ring is 1. The lowest BCUT2D eigenvalue weighted by Gasteiger charge is -2.18. The molecule has 0 bridgehead atoms. The minimum absolute atomic E-state index is 0.155. The van der Waals surface area contributed by atoms with E-state index >= 15 is 0 Å². The summed E-state index contributed by atoms with van der Waals surface area (Å²) in [5.74, 6) is 5.80. The van der Waals surface area contributed by atoms with Gasteiger partial charge in [-0.1, -0.05) is 12.1 Å². The first-order valence-electron chi connectivity index (χ1n) is 6.02. The predicted molar refractivity (Wildman–Crippen MR) is 73.6 cm³/mol. The molecular weight excluding hydrogens is 243 g/mol. The number of hydrogen-bond donors (Lipinski definition) is 3. The molecule has 1 heterocycles. The number of aryl methyl sites for hydroxylation is 1. The smallest absolute Gasteiger partial charge is 0.128 e. The Kier molecular flexibility index (Phi) is 4.09. The molecule has 19 heavy (non-hydrogen) atoms. The first-order valence-corrected chi connectivity index (χ1v) is 6.02. The number of hydrazine groups is 1. The van der Waals surface area contributed by atoms with Crippen molar-refractivity contribution in [1.29, 1.82) is 0 Å². The van der Waals surface area contributed by atoms with Crippen LogP contribution in [0.5, 0.6) is 0 Å². The molecule has 0 radical (unpaired) electrons. The van der Waals surface area contributed by atoms with E-state index in [2.05, 4.69) is 10.4 Å². The van der Waals surface area contributed by atoms with E-state index in [1.54, 1.807) is 18.3 Å². The summed E-state index contributed by atoms with van der Waals surface area (Å²) < 4.78 is 12.9. The second-order valence-electron chi connectivity index (χ2n) is 4.54. The second-order valence-corrected chi connectivity index (χ2v) is 4.54. The molecule has 2 aromatic rings. The van der Waals surface area contributed by atoms with Gasteiger partial charge in [-0.2, -0.15) is 0 Å². The Morgan fingerprint density at radius 2 is 2.00 bits per heavy atom. The third-order valence-corrected chi connectivity index (χ3v) is 3.02. The third-order valence-electron chi connectivity index (χ3n) is 3.02. The Balaban J connectivity index is 2.24. The number of nitrogens with zero attached hydrogens (tertiary/aromatic N) is 1. The van der Waals surface area contributed by atoms with Crippen LogP contribution in [-0.4, -0.2) is 4.98 Å². The average Bonchev–Trinajstić information content (AvgIpc) is 2.41. The topological polar surface area (TPSA) is 77.0 Å². The van der Waals surface area contributed by atoms with E-state index in [1.807, 2.05) is 13.0 Å². The van der Waals surface area contributed by atoms with Crippen LogP contribution in [-0.2, 0) is 6.42 Å². The number of hydrogen-bond acceptors (Lipinski definition) is 4. The first-order chi connectivity index (χ1) is 9.10. The molecule has 0 aliphatic heterocycles. The van der Waals surface area contributed by atoms with Crippen molar-refractivity contribution < 1.29 is 4.39 Å². The molecule has 100 valence electrons. The maximum atomic E-state index is 12.9. The molecule has 0 aliphatic carbocycles. The molecule has 0 saturated heterocycles. The van der Waals surface area contributed by atoms with Crippen LogP contribution in [0.2, 0.25) is 0 Å². The van der Waals surface area contributed by atoms with Crippen molar-refractivity contribution in [1.82, 2.24) is 10.4 Å². The predicted octanol–water partition coefficient (Wildman–Crippen LogP) is 1.86. The fraction of sp³-hybridized carbons (Fsp3) is 0.214. The summed E-state index contributed by atoms with van der Waals surface area (Å²) in [4.78, 5) is 4.13. The number of pyridine rings is 1. The molecule has 1 aromatic carbocycles.